The van der Waals surface area contributed by atoms with Gasteiger partial charge in [0.05, 0.1) is 45.3 Å². The molecular formula is C22H17Cl2N3O3S. The van der Waals surface area contributed by atoms with Gasteiger partial charge in [0.15, 0.2) is 5.78 Å². The van der Waals surface area contributed by atoms with Gasteiger partial charge in [-0.05, 0) is 43.2 Å². The molecule has 0 bridgehead atoms. The molecule has 1 amide bonds. The molecule has 0 unspecified atom stereocenters. The van der Waals surface area contributed by atoms with Gasteiger partial charge in [-0.15, -0.1) is 0 Å². The van der Waals surface area contributed by atoms with Crippen molar-refractivity contribution in [1.82, 2.24) is 5.32 Å². The summed E-state index contributed by atoms with van der Waals surface area (Å²) >= 11 is 13.3. The van der Waals surface area contributed by atoms with Crippen LogP contribution in [-0.2, 0) is 9.59 Å². The van der Waals surface area contributed by atoms with E-state index in [1.807, 2.05) is 0 Å². The van der Waals surface area contributed by atoms with Crippen molar-refractivity contribution in [2.45, 2.75) is 25.2 Å². The lowest BCUT2D eigenvalue weighted by atomic mass is 9.79. The fraction of sp³-hybridized carbons (Fsp3) is 0.227. The maximum absolute atomic E-state index is 12.7. The molecule has 0 saturated carbocycles. The lowest BCUT2D eigenvalue weighted by Gasteiger charge is -2.32. The van der Waals surface area contributed by atoms with Gasteiger partial charge in [-0.1, -0.05) is 35.0 Å². The first-order valence-electron chi connectivity index (χ1n) is 9.56. The molecule has 0 spiro atoms. The van der Waals surface area contributed by atoms with Crippen LogP contribution in [-0.4, -0.2) is 17.4 Å². The number of nitriles is 1. The molecule has 0 saturated heterocycles. The number of carbonyl (C=O) groups is 2. The predicted molar refractivity (Wildman–Crippen MR) is 121 cm³/mol. The maximum atomic E-state index is 12.7. The van der Waals surface area contributed by atoms with Crippen molar-refractivity contribution in [2.75, 3.05) is 11.1 Å². The highest BCUT2D eigenvalue weighted by Gasteiger charge is 2.38. The van der Waals surface area contributed by atoms with E-state index in [9.17, 15) is 14.9 Å². The van der Waals surface area contributed by atoms with Crippen LogP contribution in [0.5, 0.6) is 0 Å². The van der Waals surface area contributed by atoms with Crippen molar-refractivity contribution >= 4 is 52.3 Å². The van der Waals surface area contributed by atoms with Crippen molar-refractivity contribution in [1.29, 1.82) is 5.26 Å². The molecule has 1 aliphatic carbocycles. The lowest BCUT2D eigenvalue weighted by Crippen LogP contribution is -2.31. The molecule has 6 nitrogen and oxygen atoms in total. The zero-order valence-electron chi connectivity index (χ0n) is 16.2. The molecule has 1 aromatic heterocycles. The van der Waals surface area contributed by atoms with Crippen molar-refractivity contribution in [3.8, 4) is 6.07 Å². The topological polar surface area (TPSA) is 95.1 Å². The van der Waals surface area contributed by atoms with Gasteiger partial charge in [0.1, 0.15) is 5.76 Å². The Bertz CT molecular complexity index is 1150. The highest BCUT2D eigenvalue weighted by Crippen LogP contribution is 2.44. The number of benzene rings is 1. The predicted octanol–water partition coefficient (Wildman–Crippen LogP) is 5.39. The van der Waals surface area contributed by atoms with Crippen LogP contribution in [0.3, 0.4) is 0 Å². The van der Waals surface area contributed by atoms with E-state index in [2.05, 4.69) is 16.7 Å². The third kappa shape index (κ3) is 4.52. The van der Waals surface area contributed by atoms with Crippen LogP contribution < -0.4 is 10.6 Å². The first kappa shape index (κ1) is 21.6. The van der Waals surface area contributed by atoms with Gasteiger partial charge in [0, 0.05) is 22.7 Å². The fourth-order valence-electron chi connectivity index (χ4n) is 3.69. The van der Waals surface area contributed by atoms with Crippen molar-refractivity contribution < 1.29 is 14.0 Å². The van der Waals surface area contributed by atoms with E-state index in [1.54, 1.807) is 30.3 Å². The zero-order chi connectivity index (χ0) is 22.0. The normalized spacial score (nSPS) is 18.4. The Morgan fingerprint density at radius 1 is 1.32 bits per heavy atom. The number of hydrogen-bond donors (Lipinski definition) is 2. The molecule has 2 aliphatic rings. The highest BCUT2D eigenvalue weighted by atomic mass is 35.5. The number of Topliss-reactive ketones (excluding diaryl/α,β-unsaturated/α-hetero) is 1. The molecule has 0 radical (unpaired) electrons. The summed E-state index contributed by atoms with van der Waals surface area (Å²) in [6, 6.07) is 10.5. The van der Waals surface area contributed by atoms with Gasteiger partial charge in [0.2, 0.25) is 5.91 Å². The van der Waals surface area contributed by atoms with E-state index in [4.69, 9.17) is 27.6 Å². The Morgan fingerprint density at radius 2 is 2.16 bits per heavy atom. The van der Waals surface area contributed by atoms with Crippen LogP contribution in [0, 0.1) is 11.3 Å². The van der Waals surface area contributed by atoms with Gasteiger partial charge in [-0.3, -0.25) is 9.59 Å². The summed E-state index contributed by atoms with van der Waals surface area (Å²) in [5.74, 6) is -0.279. The summed E-state index contributed by atoms with van der Waals surface area (Å²) in [6.07, 6.45) is 3.41. The third-order valence-electron chi connectivity index (χ3n) is 5.04. The number of halogens is 2. The second kappa shape index (κ2) is 9.23. The molecule has 4 rings (SSSR count). The number of dihydropyridines is 1. The van der Waals surface area contributed by atoms with Gasteiger partial charge < -0.3 is 15.1 Å². The van der Waals surface area contributed by atoms with E-state index in [0.717, 1.165) is 12.1 Å². The molecular weight excluding hydrogens is 457 g/mol. The Morgan fingerprint density at radius 3 is 2.90 bits per heavy atom. The van der Waals surface area contributed by atoms with Crippen LogP contribution in [0.15, 0.2) is 62.9 Å². The molecule has 2 aromatic rings. The van der Waals surface area contributed by atoms with Crippen LogP contribution in [0.4, 0.5) is 5.69 Å². The first-order chi connectivity index (χ1) is 15.0. The number of carbonyl (C=O) groups excluding carboxylic acids is 2. The summed E-state index contributed by atoms with van der Waals surface area (Å²) in [5, 5.41) is 17.2. The Kier molecular flexibility index (Phi) is 6.42. The average Bonchev–Trinajstić information content (AvgIpc) is 3.28. The summed E-state index contributed by atoms with van der Waals surface area (Å²) in [6.45, 7) is 0. The minimum absolute atomic E-state index is 0.0142. The number of allylic oxidation sites excluding steroid dienone is 3. The van der Waals surface area contributed by atoms with Crippen LogP contribution in [0.1, 0.15) is 30.9 Å². The van der Waals surface area contributed by atoms with Gasteiger partial charge in [-0.2, -0.15) is 5.26 Å². The van der Waals surface area contributed by atoms with E-state index in [-0.39, 0.29) is 17.4 Å². The van der Waals surface area contributed by atoms with Gasteiger partial charge >= 0.3 is 0 Å². The van der Waals surface area contributed by atoms with E-state index >= 15 is 0 Å². The smallest absolute Gasteiger partial charge is 0.234 e. The minimum atomic E-state index is -0.572. The number of nitrogens with zero attached hydrogens (tertiary/aromatic N) is 1. The highest BCUT2D eigenvalue weighted by molar-refractivity contribution is 8.03. The Labute approximate surface area is 193 Å². The number of thioether (sulfide) groups is 1. The number of anilines is 1. The number of rotatable bonds is 5. The summed E-state index contributed by atoms with van der Waals surface area (Å²) < 4.78 is 5.56. The van der Waals surface area contributed by atoms with Gasteiger partial charge in [-0.25, -0.2) is 0 Å². The van der Waals surface area contributed by atoms with Crippen molar-refractivity contribution in [3.63, 3.8) is 0 Å². The van der Waals surface area contributed by atoms with E-state index in [0.29, 0.717) is 50.5 Å². The van der Waals surface area contributed by atoms with E-state index < -0.39 is 5.92 Å². The molecule has 1 aromatic carbocycles. The summed E-state index contributed by atoms with van der Waals surface area (Å²) in [5.41, 5.74) is 2.15. The number of hydrogen-bond acceptors (Lipinski definition) is 6. The Hall–Kier alpha value is -2.66. The standard InChI is InChI=1S/C22H17Cl2N3O3S/c23-12-6-7-14(24)16(9-12)26-19(29)11-31-22-13(10-25)20(18-5-2-8-30-18)21-15(27-22)3-1-4-17(21)28/h2,5-9,20,27H,1,3-4,11H2,(H,26,29)/t20-/m1/s1. The minimum Gasteiger partial charge on any atom is -0.468 e. The first-order valence-corrected chi connectivity index (χ1v) is 11.3. The molecule has 158 valence electrons. The summed E-state index contributed by atoms with van der Waals surface area (Å²) in [4.78, 5) is 25.2. The molecule has 0 fully saturated rings. The lowest BCUT2D eigenvalue weighted by molar-refractivity contribution is -0.116. The molecule has 9 heteroatoms. The quantitative estimate of drug-likeness (QED) is 0.604. The summed E-state index contributed by atoms with van der Waals surface area (Å²) in [7, 11) is 0. The molecule has 2 N–H and O–H groups in total. The van der Waals surface area contributed by atoms with Crippen molar-refractivity contribution in [3.05, 3.63) is 74.3 Å². The average molecular weight is 474 g/mol. The zero-order valence-corrected chi connectivity index (χ0v) is 18.5. The van der Waals surface area contributed by atoms with Crippen LogP contribution in [0.2, 0.25) is 10.0 Å². The molecule has 1 atom stereocenters. The third-order valence-corrected chi connectivity index (χ3v) is 6.62. The molecule has 1 aliphatic heterocycles. The van der Waals surface area contributed by atoms with Gasteiger partial charge in [0.25, 0.3) is 0 Å². The molecule has 31 heavy (non-hydrogen) atoms. The maximum Gasteiger partial charge on any atom is 0.234 e. The Balaban J connectivity index is 1.58. The second-order valence-corrected chi connectivity index (χ2v) is 8.89. The number of furan rings is 1. The number of nitrogens with one attached hydrogen (secondary N) is 2. The van der Waals surface area contributed by atoms with Crippen LogP contribution in [0.25, 0.3) is 0 Å². The SMILES string of the molecule is N#CC1=C(SCC(=O)Nc2cc(Cl)ccc2Cl)NC2=C(C(=O)CCC2)[C@H]1c1ccco1. The second-order valence-electron chi connectivity index (χ2n) is 7.06. The van der Waals surface area contributed by atoms with Crippen molar-refractivity contribution in [2.24, 2.45) is 0 Å². The van der Waals surface area contributed by atoms with Crippen LogP contribution >= 0.6 is 35.0 Å². The monoisotopic (exact) mass is 473 g/mol. The van der Waals surface area contributed by atoms with E-state index in [1.165, 1.54) is 18.0 Å². The fourth-order valence-corrected chi connectivity index (χ4v) is 4.89. The number of amides is 1. The number of ketones is 1. The molecule has 2 heterocycles. The largest absolute Gasteiger partial charge is 0.468 e.